The molecular weight excluding hydrogens is 168 g/mol. The minimum atomic E-state index is 0. The van der Waals surface area contributed by atoms with Crippen molar-refractivity contribution in [2.45, 2.75) is 0 Å². The zero-order valence-corrected chi connectivity index (χ0v) is 6.00. The van der Waals surface area contributed by atoms with Crippen molar-refractivity contribution in [3.05, 3.63) is 0 Å². The van der Waals surface area contributed by atoms with Crippen LogP contribution >= 0.6 is 20.8 Å². The Hall–Kier alpha value is 0.750. The van der Waals surface area contributed by atoms with Crippen LogP contribution in [0.4, 0.5) is 0 Å². The van der Waals surface area contributed by atoms with Gasteiger partial charge in [-0.3, -0.25) is 0 Å². The van der Waals surface area contributed by atoms with Crippen LogP contribution in [0.3, 0.4) is 0 Å². The Kier molecular flexibility index (Phi) is 12.1. The van der Waals surface area contributed by atoms with E-state index in [1.807, 2.05) is 0 Å². The van der Waals surface area contributed by atoms with E-state index in [1.165, 1.54) is 7.11 Å². The Morgan fingerprint density at radius 1 is 1.89 bits per heavy atom. The van der Waals surface area contributed by atoms with Crippen molar-refractivity contribution in [2.75, 3.05) is 7.11 Å². The Labute approximate surface area is 82.8 Å². The van der Waals surface area contributed by atoms with Gasteiger partial charge >= 0.3 is 29.6 Å². The molecule has 0 radical (unpaired) electrons. The summed E-state index contributed by atoms with van der Waals surface area (Å²) in [6.45, 7) is 0. The van der Waals surface area contributed by atoms with E-state index in [-0.39, 0.29) is 34.7 Å². The summed E-state index contributed by atoms with van der Waals surface area (Å²) in [6.07, 6.45) is 0. The molecule has 0 aliphatic rings. The predicted molar refractivity (Wildman–Crippen MR) is 43.4 cm³/mol. The second kappa shape index (κ2) is 8.75. The maximum absolute atomic E-state index is 5.00. The summed E-state index contributed by atoms with van der Waals surface area (Å²) in [6, 6.07) is 0. The van der Waals surface area contributed by atoms with Gasteiger partial charge in [0.2, 0.25) is 0 Å². The van der Waals surface area contributed by atoms with E-state index < -0.39 is 0 Å². The summed E-state index contributed by atoms with van der Waals surface area (Å²) < 4.78 is 4.52. The summed E-state index contributed by atoms with van der Waals surface area (Å²) in [5.41, 5.74) is 7.34. The Balaban J connectivity index is 0. The molecule has 0 saturated heterocycles. The third-order valence-corrected chi connectivity index (χ3v) is 0.719. The van der Waals surface area contributed by atoms with Crippen molar-refractivity contribution >= 4 is 55.5 Å². The molecule has 0 saturated carbocycles. The average molecular weight is 175 g/mol. The first-order valence-corrected chi connectivity index (χ1v) is 2.93. The van der Waals surface area contributed by atoms with Crippen LogP contribution in [0.5, 0.6) is 0 Å². The molecule has 9 heavy (non-hydrogen) atoms. The Morgan fingerprint density at radius 2 is 2.44 bits per heavy atom. The van der Waals surface area contributed by atoms with Crippen LogP contribution in [0.15, 0.2) is 4.85 Å². The molecule has 0 fully saturated rings. The standard InChI is InChI=1S/C2H6N3OPS.Na.H/c1-6-7-5-4-2(3)8;;/h1H3,(H3,3,4,8);;. The summed E-state index contributed by atoms with van der Waals surface area (Å²) in [5.74, 6) is 0. The minimum absolute atomic E-state index is 0. The number of nitrogens with one attached hydrogen (secondary N) is 1. The molecule has 0 aliphatic carbocycles. The van der Waals surface area contributed by atoms with Gasteiger partial charge in [0.15, 0.2) is 13.7 Å². The monoisotopic (exact) mass is 175 g/mol. The molecule has 0 rings (SSSR count). The van der Waals surface area contributed by atoms with Gasteiger partial charge in [-0.1, -0.05) is 0 Å². The maximum atomic E-state index is 5.00. The SMILES string of the molecule is COP=NNC(N)=S.[NaH]. The van der Waals surface area contributed by atoms with E-state index in [2.05, 4.69) is 27.0 Å². The number of nitrogens with zero attached hydrogens (tertiary/aromatic N) is 1. The number of nitrogens with two attached hydrogens (primary N) is 1. The fourth-order valence-electron chi connectivity index (χ4n) is 0.111. The molecule has 0 atom stereocenters. The quantitative estimate of drug-likeness (QED) is 0.263. The molecule has 0 aliphatic heterocycles. The fraction of sp³-hybridized carbons (Fsp3) is 0.500. The van der Waals surface area contributed by atoms with Crippen molar-refractivity contribution in [3.63, 3.8) is 0 Å². The van der Waals surface area contributed by atoms with Crippen molar-refractivity contribution in [3.8, 4) is 0 Å². The normalized spacial score (nSPS) is 8.56. The molecule has 0 aromatic heterocycles. The van der Waals surface area contributed by atoms with Gasteiger partial charge in [0, 0.05) is 7.11 Å². The first-order chi connectivity index (χ1) is 3.77. The molecule has 0 amide bonds. The van der Waals surface area contributed by atoms with Crippen LogP contribution < -0.4 is 11.2 Å². The van der Waals surface area contributed by atoms with E-state index >= 15 is 0 Å². The van der Waals surface area contributed by atoms with Gasteiger partial charge in [0.25, 0.3) is 0 Å². The van der Waals surface area contributed by atoms with Crippen LogP contribution in [0, 0.1) is 0 Å². The summed E-state index contributed by atoms with van der Waals surface area (Å²) in [4.78, 5) is 3.52. The fourth-order valence-corrected chi connectivity index (χ4v) is 0.454. The van der Waals surface area contributed by atoms with Gasteiger partial charge in [-0.05, 0) is 12.2 Å². The van der Waals surface area contributed by atoms with Crippen molar-refractivity contribution in [2.24, 2.45) is 10.6 Å². The number of rotatable bonds is 2. The molecular formula is C2H7N3NaOPS. The van der Waals surface area contributed by atoms with Gasteiger partial charge in [-0.25, -0.2) is 5.43 Å². The first kappa shape index (κ1) is 12.4. The Morgan fingerprint density at radius 3 is 2.78 bits per heavy atom. The van der Waals surface area contributed by atoms with E-state index in [9.17, 15) is 0 Å². The third kappa shape index (κ3) is 12.1. The average Bonchev–Trinajstić information content (AvgIpc) is 1.66. The van der Waals surface area contributed by atoms with Crippen molar-refractivity contribution < 1.29 is 4.52 Å². The first-order valence-electron chi connectivity index (χ1n) is 1.76. The van der Waals surface area contributed by atoms with Crippen molar-refractivity contribution in [1.82, 2.24) is 5.43 Å². The predicted octanol–water partition coefficient (Wildman–Crippen LogP) is -0.223. The summed E-state index contributed by atoms with van der Waals surface area (Å²) in [7, 11) is 1.99. The Bertz CT molecular complexity index is 110. The van der Waals surface area contributed by atoms with Gasteiger partial charge in [-0.2, -0.15) is 0 Å². The molecule has 0 unspecified atom stereocenters. The zero-order valence-electron chi connectivity index (χ0n) is 4.29. The van der Waals surface area contributed by atoms with Crippen molar-refractivity contribution in [1.29, 1.82) is 0 Å². The van der Waals surface area contributed by atoms with Gasteiger partial charge < -0.3 is 10.3 Å². The summed E-state index contributed by atoms with van der Waals surface area (Å²) >= 11 is 4.42. The number of hydrogen-bond donors (Lipinski definition) is 2. The molecule has 7 heteroatoms. The van der Waals surface area contributed by atoms with Gasteiger partial charge in [0.1, 0.15) is 0 Å². The zero-order chi connectivity index (χ0) is 6.41. The van der Waals surface area contributed by atoms with E-state index in [4.69, 9.17) is 5.73 Å². The number of thiocarbonyl (C=S) groups is 1. The van der Waals surface area contributed by atoms with E-state index in [0.29, 0.717) is 8.60 Å². The van der Waals surface area contributed by atoms with E-state index in [0.717, 1.165) is 0 Å². The molecule has 48 valence electrons. The van der Waals surface area contributed by atoms with Crippen LogP contribution in [0.25, 0.3) is 0 Å². The topological polar surface area (TPSA) is 59.6 Å². The molecule has 0 bridgehead atoms. The molecule has 0 aromatic carbocycles. The van der Waals surface area contributed by atoms with Gasteiger partial charge in [-0.15, -0.1) is 4.85 Å². The van der Waals surface area contributed by atoms with E-state index in [1.54, 1.807) is 0 Å². The van der Waals surface area contributed by atoms with Crippen LogP contribution in [0.2, 0.25) is 0 Å². The molecule has 0 aromatic rings. The van der Waals surface area contributed by atoms with Crippen LogP contribution in [0.1, 0.15) is 0 Å². The van der Waals surface area contributed by atoms with Crippen LogP contribution in [-0.4, -0.2) is 41.8 Å². The molecule has 0 heterocycles. The molecule has 3 N–H and O–H groups in total. The third-order valence-electron chi connectivity index (χ3n) is 0.283. The van der Waals surface area contributed by atoms with Gasteiger partial charge in [0.05, 0.1) is 0 Å². The molecule has 4 nitrogen and oxygen atoms in total. The molecule has 0 spiro atoms. The summed E-state index contributed by atoms with van der Waals surface area (Å²) in [5, 5.41) is 0.148. The number of hydrogen-bond acceptors (Lipinski definition) is 3. The second-order valence-corrected chi connectivity index (χ2v) is 2.01. The second-order valence-electron chi connectivity index (χ2n) is 0.840. The van der Waals surface area contributed by atoms with Crippen LogP contribution in [-0.2, 0) is 4.52 Å².